The molecular formula is C19H24N2O4. The van der Waals surface area contributed by atoms with Crippen LogP contribution in [0.25, 0.3) is 0 Å². The van der Waals surface area contributed by atoms with Crippen LogP contribution in [0.5, 0.6) is 11.5 Å². The van der Waals surface area contributed by atoms with E-state index in [1.54, 1.807) is 4.90 Å². The molecule has 2 fully saturated rings. The van der Waals surface area contributed by atoms with E-state index in [4.69, 9.17) is 9.47 Å². The Morgan fingerprint density at radius 3 is 2.80 bits per heavy atom. The van der Waals surface area contributed by atoms with E-state index in [1.807, 2.05) is 18.2 Å². The number of carbonyl (C=O) groups is 2. The Hall–Kier alpha value is -2.24. The Labute approximate surface area is 147 Å². The zero-order valence-electron chi connectivity index (χ0n) is 14.3. The molecule has 1 N–H and O–H groups in total. The second-order valence-electron chi connectivity index (χ2n) is 7.19. The Balaban J connectivity index is 1.33. The van der Waals surface area contributed by atoms with Crippen LogP contribution in [-0.4, -0.2) is 31.7 Å². The van der Waals surface area contributed by atoms with Crippen molar-refractivity contribution < 1.29 is 19.1 Å². The van der Waals surface area contributed by atoms with Crippen molar-refractivity contribution in [1.29, 1.82) is 0 Å². The molecule has 0 radical (unpaired) electrons. The van der Waals surface area contributed by atoms with Crippen molar-refractivity contribution in [3.63, 3.8) is 0 Å². The van der Waals surface area contributed by atoms with E-state index in [0.29, 0.717) is 31.0 Å². The van der Waals surface area contributed by atoms with Crippen LogP contribution >= 0.6 is 0 Å². The van der Waals surface area contributed by atoms with E-state index in [9.17, 15) is 9.59 Å². The fourth-order valence-electron chi connectivity index (χ4n) is 3.97. The van der Waals surface area contributed by atoms with Crippen LogP contribution in [0.2, 0.25) is 0 Å². The molecule has 2 amide bonds. The number of nitrogens with zero attached hydrogens (tertiary/aromatic N) is 1. The van der Waals surface area contributed by atoms with Gasteiger partial charge in [0.2, 0.25) is 18.6 Å². The normalized spacial score (nSPS) is 23.1. The monoisotopic (exact) mass is 344 g/mol. The third-order valence-electron chi connectivity index (χ3n) is 5.41. The van der Waals surface area contributed by atoms with Gasteiger partial charge in [0.15, 0.2) is 11.5 Å². The molecule has 3 aliphatic rings. The third kappa shape index (κ3) is 3.43. The molecule has 0 unspecified atom stereocenters. The smallest absolute Gasteiger partial charge is 0.231 e. The van der Waals surface area contributed by atoms with Gasteiger partial charge in [-0.05, 0) is 25.0 Å². The van der Waals surface area contributed by atoms with Crippen LogP contribution in [0.3, 0.4) is 0 Å². The summed E-state index contributed by atoms with van der Waals surface area (Å²) in [5, 5.41) is 3.07. The van der Waals surface area contributed by atoms with E-state index < -0.39 is 0 Å². The number of rotatable bonds is 4. The van der Waals surface area contributed by atoms with Crippen LogP contribution in [0.4, 0.5) is 5.69 Å². The molecular weight excluding hydrogens is 320 g/mol. The van der Waals surface area contributed by atoms with Gasteiger partial charge in [0.05, 0.1) is 0 Å². The molecule has 6 nitrogen and oxygen atoms in total. The van der Waals surface area contributed by atoms with Crippen LogP contribution in [0, 0.1) is 11.8 Å². The lowest BCUT2D eigenvalue weighted by molar-refractivity contribution is -0.126. The number of hydrogen-bond acceptors (Lipinski definition) is 4. The number of nitrogens with one attached hydrogen (secondary N) is 1. The zero-order valence-corrected chi connectivity index (χ0v) is 14.3. The number of anilines is 1. The molecule has 1 atom stereocenters. The summed E-state index contributed by atoms with van der Waals surface area (Å²) in [6, 6.07) is 5.57. The van der Waals surface area contributed by atoms with E-state index in [1.165, 1.54) is 6.42 Å². The van der Waals surface area contributed by atoms with Gasteiger partial charge in [-0.15, -0.1) is 0 Å². The molecule has 4 rings (SSSR count). The van der Waals surface area contributed by atoms with Gasteiger partial charge < -0.3 is 19.7 Å². The summed E-state index contributed by atoms with van der Waals surface area (Å²) in [7, 11) is 0. The topological polar surface area (TPSA) is 67.9 Å². The number of fused-ring (bicyclic) bond motifs is 1. The first kappa shape index (κ1) is 16.2. The van der Waals surface area contributed by atoms with Crippen molar-refractivity contribution in [3.05, 3.63) is 18.2 Å². The molecule has 1 saturated heterocycles. The molecule has 1 aromatic carbocycles. The second-order valence-corrected chi connectivity index (χ2v) is 7.19. The van der Waals surface area contributed by atoms with Crippen molar-refractivity contribution in [3.8, 4) is 11.5 Å². The molecule has 6 heteroatoms. The Bertz CT molecular complexity index is 669. The van der Waals surface area contributed by atoms with Gasteiger partial charge in [-0.2, -0.15) is 0 Å². The average Bonchev–Trinajstić information content (AvgIpc) is 3.26. The minimum atomic E-state index is 0.0933. The lowest BCUT2D eigenvalue weighted by atomic mass is 9.88. The van der Waals surface area contributed by atoms with Crippen LogP contribution in [-0.2, 0) is 9.59 Å². The van der Waals surface area contributed by atoms with Crippen molar-refractivity contribution in [2.75, 3.05) is 24.8 Å². The molecule has 1 saturated carbocycles. The summed E-state index contributed by atoms with van der Waals surface area (Å²) >= 11 is 0. The highest BCUT2D eigenvalue weighted by Gasteiger charge is 2.32. The molecule has 0 bridgehead atoms. The zero-order chi connectivity index (χ0) is 17.2. The van der Waals surface area contributed by atoms with Gasteiger partial charge in [-0.3, -0.25) is 9.59 Å². The minimum absolute atomic E-state index is 0.0933. The van der Waals surface area contributed by atoms with E-state index in [-0.39, 0.29) is 30.4 Å². The number of carbonyl (C=O) groups excluding carboxylic acids is 2. The first-order valence-corrected chi connectivity index (χ1v) is 9.18. The minimum Gasteiger partial charge on any atom is -0.454 e. The predicted molar refractivity (Wildman–Crippen MR) is 92.6 cm³/mol. The van der Waals surface area contributed by atoms with E-state index >= 15 is 0 Å². The van der Waals surface area contributed by atoms with Crippen LogP contribution in [0.1, 0.15) is 38.5 Å². The summed E-state index contributed by atoms with van der Waals surface area (Å²) in [6.07, 6.45) is 6.01. The van der Waals surface area contributed by atoms with Crippen molar-refractivity contribution >= 4 is 17.5 Å². The maximum absolute atomic E-state index is 12.4. The fourth-order valence-corrected chi connectivity index (χ4v) is 3.97. The summed E-state index contributed by atoms with van der Waals surface area (Å²) in [5.41, 5.74) is 0.829. The van der Waals surface area contributed by atoms with Gasteiger partial charge in [-0.1, -0.05) is 19.3 Å². The number of hydrogen-bond donors (Lipinski definition) is 1. The van der Waals surface area contributed by atoms with Crippen molar-refractivity contribution in [2.24, 2.45) is 11.8 Å². The van der Waals surface area contributed by atoms with E-state index in [0.717, 1.165) is 31.4 Å². The lowest BCUT2D eigenvalue weighted by Crippen LogP contribution is -2.36. The first-order chi connectivity index (χ1) is 12.2. The maximum Gasteiger partial charge on any atom is 0.231 e. The van der Waals surface area contributed by atoms with Crippen molar-refractivity contribution in [1.82, 2.24) is 5.32 Å². The number of amides is 2. The summed E-state index contributed by atoms with van der Waals surface area (Å²) in [4.78, 5) is 26.4. The third-order valence-corrected chi connectivity index (χ3v) is 5.41. The maximum atomic E-state index is 12.4. The highest BCUT2D eigenvalue weighted by Crippen LogP contribution is 2.37. The summed E-state index contributed by atoms with van der Waals surface area (Å²) in [5.74, 6) is 1.97. The number of benzene rings is 1. The molecule has 2 heterocycles. The average molecular weight is 344 g/mol. The largest absolute Gasteiger partial charge is 0.454 e. The number of ether oxygens (including phenoxy) is 2. The summed E-state index contributed by atoms with van der Waals surface area (Å²) < 4.78 is 10.7. The molecule has 2 aliphatic heterocycles. The SMILES string of the molecule is O=C(NC[C@H]1CC(=O)N(c2ccc3c(c2)OCO3)C1)C1CCCCC1. The van der Waals surface area contributed by atoms with Gasteiger partial charge in [-0.25, -0.2) is 0 Å². The highest BCUT2D eigenvalue weighted by atomic mass is 16.7. The lowest BCUT2D eigenvalue weighted by Gasteiger charge is -2.22. The van der Waals surface area contributed by atoms with Gasteiger partial charge >= 0.3 is 0 Å². The quantitative estimate of drug-likeness (QED) is 0.911. The molecule has 134 valence electrons. The Morgan fingerprint density at radius 1 is 1.16 bits per heavy atom. The van der Waals surface area contributed by atoms with Crippen molar-refractivity contribution in [2.45, 2.75) is 38.5 Å². The van der Waals surface area contributed by atoms with Gasteiger partial charge in [0, 0.05) is 43.1 Å². The van der Waals surface area contributed by atoms with Crippen LogP contribution in [0.15, 0.2) is 18.2 Å². The second kappa shape index (κ2) is 6.94. The first-order valence-electron chi connectivity index (χ1n) is 9.18. The molecule has 1 aliphatic carbocycles. The van der Waals surface area contributed by atoms with Gasteiger partial charge in [0.25, 0.3) is 0 Å². The molecule has 25 heavy (non-hydrogen) atoms. The summed E-state index contributed by atoms with van der Waals surface area (Å²) in [6.45, 7) is 1.42. The van der Waals surface area contributed by atoms with E-state index in [2.05, 4.69) is 5.32 Å². The molecule has 0 spiro atoms. The molecule has 0 aromatic heterocycles. The van der Waals surface area contributed by atoms with Gasteiger partial charge in [0.1, 0.15) is 0 Å². The molecule has 1 aromatic rings. The highest BCUT2D eigenvalue weighted by molar-refractivity contribution is 5.96. The van der Waals surface area contributed by atoms with Crippen LogP contribution < -0.4 is 19.7 Å². The fraction of sp³-hybridized carbons (Fsp3) is 0.579. The predicted octanol–water partition coefficient (Wildman–Crippen LogP) is 2.46. The Kier molecular flexibility index (Phi) is 4.51. The standard InChI is InChI=1S/C19H24N2O4/c22-18-8-13(10-20-19(23)14-4-2-1-3-5-14)11-21(18)15-6-7-16-17(9-15)25-12-24-16/h6-7,9,13-14H,1-5,8,10-12H2,(H,20,23)/t13-/m1/s1. The Morgan fingerprint density at radius 2 is 1.96 bits per heavy atom.